The Morgan fingerprint density at radius 3 is 2.56 bits per heavy atom. The fraction of sp³-hybridized carbons (Fsp3) is 0.294. The number of thioether (sulfide) groups is 1. The molecule has 0 aliphatic carbocycles. The molecule has 4 aromatic rings. The van der Waals surface area contributed by atoms with Gasteiger partial charge in [0.05, 0.1) is 17.8 Å². The van der Waals surface area contributed by atoms with Crippen LogP contribution in [0.25, 0.3) is 11.3 Å². The molecule has 2 heterocycles. The molecular formula is C34H37N5O3S. The van der Waals surface area contributed by atoms with Crippen molar-refractivity contribution < 1.29 is 14.7 Å². The van der Waals surface area contributed by atoms with Gasteiger partial charge in [0, 0.05) is 54.0 Å². The molecule has 1 aliphatic rings. The van der Waals surface area contributed by atoms with E-state index in [0.717, 1.165) is 35.6 Å². The normalized spacial score (nSPS) is 13.0. The van der Waals surface area contributed by atoms with E-state index in [0.29, 0.717) is 35.1 Å². The van der Waals surface area contributed by atoms with Crippen molar-refractivity contribution in [3.63, 3.8) is 0 Å². The number of aliphatic carboxylic acids is 1. The van der Waals surface area contributed by atoms with E-state index in [9.17, 15) is 9.59 Å². The number of aromatic nitrogens is 2. The zero-order chi connectivity index (χ0) is 30.0. The molecule has 0 bridgehead atoms. The Morgan fingerprint density at radius 2 is 1.74 bits per heavy atom. The first-order valence-corrected chi connectivity index (χ1v) is 15.8. The minimum Gasteiger partial charge on any atom is -0.481 e. The van der Waals surface area contributed by atoms with E-state index >= 15 is 0 Å². The lowest BCUT2D eigenvalue weighted by atomic mass is 10.0. The lowest BCUT2D eigenvalue weighted by molar-refractivity contribution is -0.136. The maximum atomic E-state index is 13.5. The molecule has 1 saturated heterocycles. The Balaban J connectivity index is 1.38. The molecule has 1 fully saturated rings. The first kappa shape index (κ1) is 30.1. The molecule has 5 rings (SSSR count). The van der Waals surface area contributed by atoms with Crippen LogP contribution < -0.4 is 15.5 Å². The van der Waals surface area contributed by atoms with Crippen molar-refractivity contribution in [2.75, 3.05) is 34.4 Å². The van der Waals surface area contributed by atoms with Gasteiger partial charge in [-0.3, -0.25) is 9.59 Å². The molecule has 1 amide bonds. The number of nitrogens with zero attached hydrogens (tertiary/aromatic N) is 3. The van der Waals surface area contributed by atoms with Gasteiger partial charge in [-0.05, 0) is 67.6 Å². The summed E-state index contributed by atoms with van der Waals surface area (Å²) < 4.78 is 0. The fourth-order valence-corrected chi connectivity index (χ4v) is 6.04. The molecule has 3 N–H and O–H groups in total. The zero-order valence-electron chi connectivity index (χ0n) is 24.4. The van der Waals surface area contributed by atoms with Crippen LogP contribution >= 0.6 is 11.8 Å². The second-order valence-corrected chi connectivity index (χ2v) is 11.9. The summed E-state index contributed by atoms with van der Waals surface area (Å²) in [6.07, 6.45) is 5.25. The van der Waals surface area contributed by atoms with Crippen LogP contribution in [0.2, 0.25) is 0 Å². The van der Waals surface area contributed by atoms with Crippen LogP contribution in [0.4, 0.5) is 17.2 Å². The van der Waals surface area contributed by atoms with Gasteiger partial charge < -0.3 is 20.6 Å². The highest BCUT2D eigenvalue weighted by Crippen LogP contribution is 2.33. The molecule has 0 radical (unpaired) electrons. The highest BCUT2D eigenvalue weighted by Gasteiger charge is 2.17. The average Bonchev–Trinajstić information content (AvgIpc) is 3.03. The Kier molecular flexibility index (Phi) is 10.3. The SMILES string of the molecule is Cc1cccc(CNc2cc(-c3cc(N4CCCCC4)ccc3NC(=O)c3cccc(CSCCC(=O)O)c3)ncn2)c1. The van der Waals surface area contributed by atoms with Crippen LogP contribution in [0, 0.1) is 6.92 Å². The second-order valence-electron chi connectivity index (χ2n) is 10.8. The zero-order valence-corrected chi connectivity index (χ0v) is 25.2. The molecule has 222 valence electrons. The predicted octanol–water partition coefficient (Wildman–Crippen LogP) is 7.01. The summed E-state index contributed by atoms with van der Waals surface area (Å²) in [6.45, 7) is 4.74. The molecule has 9 heteroatoms. The second kappa shape index (κ2) is 14.7. The molecule has 0 saturated carbocycles. The summed E-state index contributed by atoms with van der Waals surface area (Å²) in [4.78, 5) is 35.7. The van der Waals surface area contributed by atoms with Gasteiger partial charge in [0.1, 0.15) is 12.1 Å². The number of hydrogen-bond acceptors (Lipinski definition) is 7. The number of carboxylic acids is 1. The number of aryl methyl sites for hydroxylation is 1. The van der Waals surface area contributed by atoms with Crippen LogP contribution in [-0.2, 0) is 17.1 Å². The van der Waals surface area contributed by atoms with Crippen LogP contribution in [0.1, 0.15) is 52.7 Å². The quantitative estimate of drug-likeness (QED) is 0.150. The van der Waals surface area contributed by atoms with E-state index in [-0.39, 0.29) is 12.3 Å². The number of nitrogens with one attached hydrogen (secondary N) is 2. The van der Waals surface area contributed by atoms with Gasteiger partial charge in [-0.15, -0.1) is 0 Å². The van der Waals surface area contributed by atoms with Gasteiger partial charge in [0.2, 0.25) is 0 Å². The summed E-state index contributed by atoms with van der Waals surface area (Å²) in [5.41, 5.74) is 7.24. The molecule has 3 aromatic carbocycles. The van der Waals surface area contributed by atoms with Crippen molar-refractivity contribution in [3.05, 3.63) is 101 Å². The van der Waals surface area contributed by atoms with Gasteiger partial charge in [0.25, 0.3) is 5.91 Å². The molecule has 8 nitrogen and oxygen atoms in total. The van der Waals surface area contributed by atoms with E-state index in [2.05, 4.69) is 62.8 Å². The van der Waals surface area contributed by atoms with Crippen molar-refractivity contribution in [1.82, 2.24) is 9.97 Å². The van der Waals surface area contributed by atoms with Crippen molar-refractivity contribution >= 4 is 40.8 Å². The van der Waals surface area contributed by atoms with E-state index in [1.165, 1.54) is 30.4 Å². The minimum atomic E-state index is -0.805. The van der Waals surface area contributed by atoms with Gasteiger partial charge >= 0.3 is 5.97 Å². The summed E-state index contributed by atoms with van der Waals surface area (Å²) in [5.74, 6) is 0.861. The fourth-order valence-electron chi connectivity index (χ4n) is 5.16. The highest BCUT2D eigenvalue weighted by atomic mass is 32.2. The number of amides is 1. The molecule has 0 atom stereocenters. The monoisotopic (exact) mass is 595 g/mol. The topological polar surface area (TPSA) is 107 Å². The number of rotatable bonds is 12. The highest BCUT2D eigenvalue weighted by molar-refractivity contribution is 7.98. The number of piperidine rings is 1. The van der Waals surface area contributed by atoms with Crippen LogP contribution in [-0.4, -0.2) is 45.8 Å². The number of carbonyl (C=O) groups excluding carboxylic acids is 1. The average molecular weight is 596 g/mol. The van der Waals surface area contributed by atoms with Gasteiger partial charge in [-0.25, -0.2) is 9.97 Å². The largest absolute Gasteiger partial charge is 0.481 e. The van der Waals surface area contributed by atoms with Gasteiger partial charge in [-0.2, -0.15) is 11.8 Å². The lowest BCUT2D eigenvalue weighted by Gasteiger charge is -2.29. The Labute approximate surface area is 257 Å². The minimum absolute atomic E-state index is 0.118. The molecule has 1 aliphatic heterocycles. The Bertz CT molecular complexity index is 1570. The maximum Gasteiger partial charge on any atom is 0.304 e. The third-order valence-corrected chi connectivity index (χ3v) is 8.42. The third-order valence-electron chi connectivity index (χ3n) is 7.39. The van der Waals surface area contributed by atoms with Crippen molar-refractivity contribution in [2.45, 2.75) is 44.9 Å². The summed E-state index contributed by atoms with van der Waals surface area (Å²) in [6, 6.07) is 23.9. The van der Waals surface area contributed by atoms with Crippen LogP contribution in [0.15, 0.2) is 79.1 Å². The number of carbonyl (C=O) groups is 2. The summed E-state index contributed by atoms with van der Waals surface area (Å²) >= 11 is 1.54. The van der Waals surface area contributed by atoms with Crippen molar-refractivity contribution in [1.29, 1.82) is 0 Å². The third kappa shape index (κ3) is 8.58. The number of carboxylic acid groups (broad SMARTS) is 1. The smallest absolute Gasteiger partial charge is 0.304 e. The van der Waals surface area contributed by atoms with Gasteiger partial charge in [0.15, 0.2) is 0 Å². The first-order valence-electron chi connectivity index (χ1n) is 14.7. The molecular weight excluding hydrogens is 558 g/mol. The van der Waals surface area contributed by atoms with Crippen molar-refractivity contribution in [2.24, 2.45) is 0 Å². The first-order chi connectivity index (χ1) is 20.9. The van der Waals surface area contributed by atoms with E-state index < -0.39 is 5.97 Å². The lowest BCUT2D eigenvalue weighted by Crippen LogP contribution is -2.29. The molecule has 1 aromatic heterocycles. The van der Waals surface area contributed by atoms with E-state index in [1.54, 1.807) is 24.2 Å². The maximum absolute atomic E-state index is 13.5. The predicted molar refractivity (Wildman–Crippen MR) is 175 cm³/mol. The molecule has 43 heavy (non-hydrogen) atoms. The molecule has 0 unspecified atom stereocenters. The van der Waals surface area contributed by atoms with Crippen LogP contribution in [0.5, 0.6) is 0 Å². The van der Waals surface area contributed by atoms with Gasteiger partial charge in [-0.1, -0.05) is 42.0 Å². The summed E-state index contributed by atoms with van der Waals surface area (Å²) in [5, 5.41) is 15.4. The van der Waals surface area contributed by atoms with Crippen molar-refractivity contribution in [3.8, 4) is 11.3 Å². The number of benzene rings is 3. The Hall–Kier alpha value is -4.37. The Morgan fingerprint density at radius 1 is 0.930 bits per heavy atom. The van der Waals surface area contributed by atoms with Crippen LogP contribution in [0.3, 0.4) is 0 Å². The van der Waals surface area contributed by atoms with E-state index in [4.69, 9.17) is 5.11 Å². The number of hydrogen-bond donors (Lipinski definition) is 3. The number of anilines is 3. The standard InChI is InChI=1S/C34H37N5O3S/c1-24-7-5-8-25(17-24)21-35-32-20-31(36-23-37-32)29-19-28(39-14-3-2-4-15-39)11-12-30(29)38-34(42)27-10-6-9-26(18-27)22-43-16-13-33(40)41/h5-12,17-20,23H,2-4,13-16,21-22H2,1H3,(H,38,42)(H,40,41)(H,35,36,37). The summed E-state index contributed by atoms with van der Waals surface area (Å²) in [7, 11) is 0. The van der Waals surface area contributed by atoms with E-state index in [1.807, 2.05) is 36.4 Å². The molecule has 0 spiro atoms.